The molecule has 110 valence electrons. The number of hydrogen-bond acceptors (Lipinski definition) is 4. The molecule has 5 heteroatoms. The SMILES string of the molecule is CN1CC(N2CCC(NC(=O)OC(C)(C)C)CC2)C1. The van der Waals surface area contributed by atoms with Gasteiger partial charge in [0.1, 0.15) is 5.60 Å². The average Bonchev–Trinajstić information content (AvgIpc) is 2.23. The van der Waals surface area contributed by atoms with Crippen LogP contribution in [0.15, 0.2) is 0 Å². The van der Waals surface area contributed by atoms with Gasteiger partial charge >= 0.3 is 6.09 Å². The summed E-state index contributed by atoms with van der Waals surface area (Å²) in [5.74, 6) is 0. The molecule has 2 rings (SSSR count). The van der Waals surface area contributed by atoms with Gasteiger partial charge < -0.3 is 15.0 Å². The molecule has 0 radical (unpaired) electrons. The van der Waals surface area contributed by atoms with Crippen LogP contribution < -0.4 is 5.32 Å². The van der Waals surface area contributed by atoms with Gasteiger partial charge in [-0.15, -0.1) is 0 Å². The van der Waals surface area contributed by atoms with Gasteiger partial charge in [0.15, 0.2) is 0 Å². The van der Waals surface area contributed by atoms with E-state index in [0.717, 1.165) is 32.0 Å². The summed E-state index contributed by atoms with van der Waals surface area (Å²) in [6.45, 7) is 10.2. The van der Waals surface area contributed by atoms with E-state index in [0.29, 0.717) is 0 Å². The molecule has 2 saturated heterocycles. The first kappa shape index (κ1) is 14.6. The zero-order valence-corrected chi connectivity index (χ0v) is 12.6. The van der Waals surface area contributed by atoms with Crippen LogP contribution in [-0.4, -0.2) is 66.8 Å². The zero-order valence-electron chi connectivity index (χ0n) is 12.6. The van der Waals surface area contributed by atoms with E-state index in [4.69, 9.17) is 4.74 Å². The minimum absolute atomic E-state index is 0.268. The molecule has 2 fully saturated rings. The molecule has 0 aromatic heterocycles. The largest absolute Gasteiger partial charge is 0.444 e. The maximum absolute atomic E-state index is 11.7. The number of carbonyl (C=O) groups excluding carboxylic acids is 1. The second-order valence-electron chi connectivity index (χ2n) is 6.83. The van der Waals surface area contributed by atoms with E-state index < -0.39 is 5.60 Å². The smallest absolute Gasteiger partial charge is 0.407 e. The lowest BCUT2D eigenvalue weighted by molar-refractivity contribution is 0.0273. The van der Waals surface area contributed by atoms with Crippen molar-refractivity contribution in [1.29, 1.82) is 0 Å². The van der Waals surface area contributed by atoms with Crippen molar-refractivity contribution in [2.24, 2.45) is 0 Å². The Balaban J connectivity index is 1.67. The van der Waals surface area contributed by atoms with E-state index in [-0.39, 0.29) is 12.1 Å². The summed E-state index contributed by atoms with van der Waals surface area (Å²) in [6, 6.07) is 0.997. The third kappa shape index (κ3) is 4.35. The fraction of sp³-hybridized carbons (Fsp3) is 0.929. The van der Waals surface area contributed by atoms with Crippen molar-refractivity contribution in [3.05, 3.63) is 0 Å². The molecular weight excluding hydrogens is 242 g/mol. The van der Waals surface area contributed by atoms with Crippen LogP contribution in [0.1, 0.15) is 33.6 Å². The van der Waals surface area contributed by atoms with Gasteiger partial charge in [0.2, 0.25) is 0 Å². The van der Waals surface area contributed by atoms with Crippen LogP contribution >= 0.6 is 0 Å². The fourth-order valence-electron chi connectivity index (χ4n) is 2.78. The summed E-state index contributed by atoms with van der Waals surface area (Å²) in [5.41, 5.74) is -0.415. The summed E-state index contributed by atoms with van der Waals surface area (Å²) in [6.07, 6.45) is 1.77. The predicted molar refractivity (Wildman–Crippen MR) is 75.2 cm³/mol. The molecule has 0 aliphatic carbocycles. The quantitative estimate of drug-likeness (QED) is 0.820. The summed E-state index contributed by atoms with van der Waals surface area (Å²) >= 11 is 0. The highest BCUT2D eigenvalue weighted by molar-refractivity contribution is 5.68. The molecule has 1 amide bonds. The number of likely N-dealkylation sites (tertiary alicyclic amines) is 2. The van der Waals surface area contributed by atoms with E-state index in [1.807, 2.05) is 20.8 Å². The van der Waals surface area contributed by atoms with Gasteiger partial charge in [-0.1, -0.05) is 0 Å². The molecule has 0 saturated carbocycles. The van der Waals surface area contributed by atoms with Gasteiger partial charge in [-0.05, 0) is 40.7 Å². The van der Waals surface area contributed by atoms with Crippen LogP contribution in [0, 0.1) is 0 Å². The Hall–Kier alpha value is -0.810. The Morgan fingerprint density at radius 2 is 1.79 bits per heavy atom. The summed E-state index contributed by atoms with van der Waals surface area (Å²) in [5, 5.41) is 2.98. The summed E-state index contributed by atoms with van der Waals surface area (Å²) in [4.78, 5) is 16.6. The minimum Gasteiger partial charge on any atom is -0.444 e. The van der Waals surface area contributed by atoms with Crippen LogP contribution in [0.3, 0.4) is 0 Å². The van der Waals surface area contributed by atoms with Crippen molar-refractivity contribution in [3.8, 4) is 0 Å². The molecule has 0 aromatic rings. The first-order valence-electron chi connectivity index (χ1n) is 7.25. The molecule has 0 spiro atoms. The third-order valence-corrected chi connectivity index (χ3v) is 3.81. The van der Waals surface area contributed by atoms with E-state index in [1.165, 1.54) is 13.1 Å². The van der Waals surface area contributed by atoms with Crippen molar-refractivity contribution < 1.29 is 9.53 Å². The first-order valence-corrected chi connectivity index (χ1v) is 7.25. The number of likely N-dealkylation sites (N-methyl/N-ethyl adjacent to an activating group) is 1. The van der Waals surface area contributed by atoms with Crippen LogP contribution in [0.2, 0.25) is 0 Å². The molecule has 1 N–H and O–H groups in total. The topological polar surface area (TPSA) is 44.8 Å². The monoisotopic (exact) mass is 269 g/mol. The maximum Gasteiger partial charge on any atom is 0.407 e. The van der Waals surface area contributed by atoms with Crippen molar-refractivity contribution in [1.82, 2.24) is 15.1 Å². The Morgan fingerprint density at radius 1 is 1.21 bits per heavy atom. The molecule has 0 bridgehead atoms. The molecule has 2 heterocycles. The third-order valence-electron chi connectivity index (χ3n) is 3.81. The fourth-order valence-corrected chi connectivity index (χ4v) is 2.78. The number of alkyl carbamates (subject to hydrolysis) is 1. The lowest BCUT2D eigenvalue weighted by Crippen LogP contribution is -2.60. The van der Waals surface area contributed by atoms with E-state index in [2.05, 4.69) is 22.2 Å². The van der Waals surface area contributed by atoms with Crippen molar-refractivity contribution in [2.45, 2.75) is 51.3 Å². The normalized spacial score (nSPS) is 24.0. The minimum atomic E-state index is -0.415. The van der Waals surface area contributed by atoms with Gasteiger partial charge in [-0.2, -0.15) is 0 Å². The Morgan fingerprint density at radius 3 is 2.26 bits per heavy atom. The highest BCUT2D eigenvalue weighted by Crippen LogP contribution is 2.19. The number of amides is 1. The molecule has 19 heavy (non-hydrogen) atoms. The molecule has 2 aliphatic heterocycles. The van der Waals surface area contributed by atoms with Gasteiger partial charge in [0.05, 0.1) is 0 Å². The van der Waals surface area contributed by atoms with Gasteiger partial charge in [-0.25, -0.2) is 4.79 Å². The number of ether oxygens (including phenoxy) is 1. The number of rotatable bonds is 2. The summed E-state index contributed by atoms with van der Waals surface area (Å²) in [7, 11) is 2.16. The molecule has 0 aromatic carbocycles. The van der Waals surface area contributed by atoms with E-state index in [9.17, 15) is 4.79 Å². The average molecular weight is 269 g/mol. The number of nitrogens with one attached hydrogen (secondary N) is 1. The van der Waals surface area contributed by atoms with Crippen LogP contribution in [0.25, 0.3) is 0 Å². The standard InChI is InChI=1S/C14H27N3O2/c1-14(2,3)19-13(18)15-11-5-7-17(8-6-11)12-9-16(4)10-12/h11-12H,5-10H2,1-4H3,(H,15,18). The van der Waals surface area contributed by atoms with Gasteiger partial charge in [0, 0.05) is 38.3 Å². The molecular formula is C14H27N3O2. The molecule has 0 atom stereocenters. The van der Waals surface area contributed by atoms with Crippen molar-refractivity contribution >= 4 is 6.09 Å². The molecule has 2 aliphatic rings. The number of piperidine rings is 1. The Labute approximate surface area is 116 Å². The number of hydrogen-bond donors (Lipinski definition) is 1. The van der Waals surface area contributed by atoms with Crippen molar-refractivity contribution in [2.75, 3.05) is 33.2 Å². The molecule has 0 unspecified atom stereocenters. The Kier molecular flexibility index (Phi) is 4.36. The number of carbonyl (C=O) groups is 1. The molecule has 5 nitrogen and oxygen atoms in total. The van der Waals surface area contributed by atoms with Gasteiger partial charge in [0.25, 0.3) is 0 Å². The van der Waals surface area contributed by atoms with E-state index >= 15 is 0 Å². The lowest BCUT2D eigenvalue weighted by Gasteiger charge is -2.46. The maximum atomic E-state index is 11.7. The zero-order chi connectivity index (χ0) is 14.0. The highest BCUT2D eigenvalue weighted by atomic mass is 16.6. The van der Waals surface area contributed by atoms with Crippen LogP contribution in [0.4, 0.5) is 4.79 Å². The van der Waals surface area contributed by atoms with Gasteiger partial charge in [-0.3, -0.25) is 4.90 Å². The first-order chi connectivity index (χ1) is 8.83. The Bertz CT molecular complexity index is 313. The van der Waals surface area contributed by atoms with Crippen LogP contribution in [-0.2, 0) is 4.74 Å². The number of nitrogens with zero attached hydrogens (tertiary/aromatic N) is 2. The van der Waals surface area contributed by atoms with Crippen molar-refractivity contribution in [3.63, 3.8) is 0 Å². The lowest BCUT2D eigenvalue weighted by atomic mass is 10.0. The second-order valence-corrected chi connectivity index (χ2v) is 6.83. The van der Waals surface area contributed by atoms with Crippen LogP contribution in [0.5, 0.6) is 0 Å². The second kappa shape index (κ2) is 5.67. The highest BCUT2D eigenvalue weighted by Gasteiger charge is 2.32. The summed E-state index contributed by atoms with van der Waals surface area (Å²) < 4.78 is 5.29. The van der Waals surface area contributed by atoms with E-state index in [1.54, 1.807) is 0 Å². The predicted octanol–water partition coefficient (Wildman–Crippen LogP) is 1.29.